The predicted molar refractivity (Wildman–Crippen MR) is 74.5 cm³/mol. The Morgan fingerprint density at radius 2 is 1.86 bits per heavy atom. The van der Waals surface area contributed by atoms with Gasteiger partial charge in [-0.2, -0.15) is 4.39 Å². The summed E-state index contributed by atoms with van der Waals surface area (Å²) in [5.41, 5.74) is 1.93. The van der Waals surface area contributed by atoms with Crippen LogP contribution in [0.25, 0.3) is 33.2 Å². The lowest BCUT2D eigenvalue weighted by Crippen LogP contribution is -1.94. The molecule has 4 nitrogen and oxygen atoms in total. The number of nitrogens with one attached hydrogen (secondary N) is 1. The van der Waals surface area contributed by atoms with E-state index in [9.17, 15) is 8.78 Å². The number of H-pyrrole nitrogens is 1. The summed E-state index contributed by atoms with van der Waals surface area (Å²) in [5, 5.41) is 1.82. The van der Waals surface area contributed by atoms with Crippen molar-refractivity contribution in [1.82, 2.24) is 19.9 Å². The maximum Gasteiger partial charge on any atom is 0.249 e. The van der Waals surface area contributed by atoms with E-state index >= 15 is 0 Å². The number of nitrogens with zero attached hydrogens (tertiary/aromatic N) is 3. The Kier molecular flexibility index (Phi) is 2.44. The van der Waals surface area contributed by atoms with Crippen molar-refractivity contribution in [2.75, 3.05) is 0 Å². The third-order valence-corrected chi connectivity index (χ3v) is 3.38. The molecule has 0 aromatic carbocycles. The van der Waals surface area contributed by atoms with Gasteiger partial charge in [0.05, 0.1) is 11.2 Å². The Balaban J connectivity index is 1.99. The molecule has 4 heterocycles. The van der Waals surface area contributed by atoms with Gasteiger partial charge in [-0.15, -0.1) is 0 Å². The van der Waals surface area contributed by atoms with E-state index in [1.165, 1.54) is 12.3 Å². The van der Waals surface area contributed by atoms with Crippen molar-refractivity contribution in [1.29, 1.82) is 0 Å². The average molecular weight is 281 g/mol. The molecule has 0 aliphatic carbocycles. The van der Waals surface area contributed by atoms with Crippen LogP contribution in [0.4, 0.5) is 8.78 Å². The van der Waals surface area contributed by atoms with Gasteiger partial charge < -0.3 is 4.98 Å². The molecule has 0 aliphatic rings. The van der Waals surface area contributed by atoms with Crippen molar-refractivity contribution in [2.24, 2.45) is 0 Å². The van der Waals surface area contributed by atoms with Crippen molar-refractivity contribution < 1.29 is 8.78 Å². The topological polar surface area (TPSA) is 54.5 Å². The number of hydrogen-bond donors (Lipinski definition) is 1. The highest BCUT2D eigenvalue weighted by Crippen LogP contribution is 2.27. The standard InChI is InChI=1S/C15H8F2N4/c16-13-9(3-6-19-14(13)17)11-2-1-8-10-7-18-5-4-12(10)21-15(8)20-11/h1-7H,(H,20,21)/i17-1. The minimum absolute atomic E-state index is 0.0844. The van der Waals surface area contributed by atoms with Gasteiger partial charge in [0, 0.05) is 34.9 Å². The summed E-state index contributed by atoms with van der Waals surface area (Å²) in [4.78, 5) is 14.9. The Morgan fingerprint density at radius 3 is 2.76 bits per heavy atom. The molecule has 1 N–H and O–H groups in total. The third kappa shape index (κ3) is 1.76. The zero-order valence-corrected chi connectivity index (χ0v) is 10.6. The van der Waals surface area contributed by atoms with Crippen molar-refractivity contribution in [3.63, 3.8) is 0 Å². The van der Waals surface area contributed by atoms with E-state index in [2.05, 4.69) is 19.9 Å². The van der Waals surface area contributed by atoms with Gasteiger partial charge in [-0.25, -0.2) is 14.4 Å². The molecule has 4 rings (SSSR count). The van der Waals surface area contributed by atoms with Crippen LogP contribution in [0.2, 0.25) is 0 Å². The number of halogens is 2. The Hall–Kier alpha value is -2.89. The molecule has 102 valence electrons. The molecule has 0 unspecified atom stereocenters. The quantitative estimate of drug-likeness (QED) is 0.544. The summed E-state index contributed by atoms with van der Waals surface area (Å²) >= 11 is 0. The smallest absolute Gasteiger partial charge is 0.249 e. The van der Waals surface area contributed by atoms with Gasteiger partial charge in [0.15, 0.2) is 5.82 Å². The lowest BCUT2D eigenvalue weighted by molar-refractivity contribution is 0.481. The fourth-order valence-electron chi connectivity index (χ4n) is 2.38. The fraction of sp³-hybridized carbons (Fsp3) is 0. The maximum absolute atomic E-state index is 13.8. The van der Waals surface area contributed by atoms with Gasteiger partial charge in [0.25, 0.3) is 0 Å². The molecule has 0 fully saturated rings. The molecule has 4 aromatic heterocycles. The molecule has 0 radical (unpaired) electrons. The predicted octanol–water partition coefficient (Wildman–Crippen LogP) is 3.45. The van der Waals surface area contributed by atoms with Crippen LogP contribution < -0.4 is 0 Å². The monoisotopic (exact) mass is 281 g/mol. The summed E-state index contributed by atoms with van der Waals surface area (Å²) in [5.74, 6) is -2.13. The largest absolute Gasteiger partial charge is 0.339 e. The number of hydrogen-bond acceptors (Lipinski definition) is 3. The lowest BCUT2D eigenvalue weighted by Gasteiger charge is -2.02. The molecule has 0 aliphatic heterocycles. The molecule has 0 atom stereocenters. The first-order chi connectivity index (χ1) is 10.2. The number of aromatic nitrogens is 4. The molecule has 0 saturated carbocycles. The van der Waals surface area contributed by atoms with Gasteiger partial charge >= 0.3 is 0 Å². The fourth-order valence-corrected chi connectivity index (χ4v) is 2.38. The summed E-state index contributed by atoms with van der Waals surface area (Å²) in [6.45, 7) is 0. The Labute approximate surface area is 117 Å². The highest BCUT2D eigenvalue weighted by molar-refractivity contribution is 6.05. The van der Waals surface area contributed by atoms with Crippen LogP contribution in [0.5, 0.6) is 0 Å². The van der Waals surface area contributed by atoms with Gasteiger partial charge in [-0.3, -0.25) is 4.98 Å². The zero-order valence-electron chi connectivity index (χ0n) is 10.6. The second kappa shape index (κ2) is 4.31. The van der Waals surface area contributed by atoms with Crippen molar-refractivity contribution >= 4 is 21.9 Å². The van der Waals surface area contributed by atoms with Crippen LogP contribution in [0.1, 0.15) is 0 Å². The van der Waals surface area contributed by atoms with E-state index in [1.807, 2.05) is 12.1 Å². The average Bonchev–Trinajstić information content (AvgIpc) is 2.87. The molecule has 6 heteroatoms. The maximum atomic E-state index is 13.8. The molecular formula is C15H8F2N4. The highest BCUT2D eigenvalue weighted by Gasteiger charge is 2.13. The molecule has 0 bridgehead atoms. The summed E-state index contributed by atoms with van der Waals surface area (Å²) in [6.07, 6.45) is 4.63. The zero-order chi connectivity index (χ0) is 14.4. The summed E-state index contributed by atoms with van der Waals surface area (Å²) in [7, 11) is 0. The second-order valence-corrected chi connectivity index (χ2v) is 4.60. The van der Waals surface area contributed by atoms with Crippen molar-refractivity contribution in [2.45, 2.75) is 0 Å². The lowest BCUT2D eigenvalue weighted by atomic mass is 10.1. The van der Waals surface area contributed by atoms with Crippen LogP contribution >= 0.6 is 0 Å². The van der Waals surface area contributed by atoms with E-state index in [1.54, 1.807) is 18.5 Å². The van der Waals surface area contributed by atoms with Gasteiger partial charge in [-0.1, -0.05) is 0 Å². The number of fused-ring (bicyclic) bond motifs is 3. The Bertz CT molecular complexity index is 978. The first-order valence-corrected chi connectivity index (χ1v) is 6.27. The number of aromatic amines is 1. The molecular weight excluding hydrogens is 273 g/mol. The van der Waals surface area contributed by atoms with Crippen LogP contribution in [-0.4, -0.2) is 19.9 Å². The first kappa shape index (κ1) is 11.9. The first-order valence-electron chi connectivity index (χ1n) is 6.27. The normalized spacial score (nSPS) is 11.3. The van der Waals surface area contributed by atoms with Crippen LogP contribution in [0.3, 0.4) is 0 Å². The van der Waals surface area contributed by atoms with E-state index in [-0.39, 0.29) is 5.56 Å². The van der Waals surface area contributed by atoms with Gasteiger partial charge in [0.1, 0.15) is 5.65 Å². The minimum Gasteiger partial charge on any atom is -0.339 e. The number of pyridine rings is 3. The molecule has 0 saturated heterocycles. The van der Waals surface area contributed by atoms with Crippen LogP contribution in [0, 0.1) is 11.8 Å². The summed E-state index contributed by atoms with van der Waals surface area (Å²) < 4.78 is 27.0. The van der Waals surface area contributed by atoms with E-state index in [0.717, 1.165) is 16.3 Å². The van der Waals surface area contributed by atoms with Crippen molar-refractivity contribution in [3.05, 3.63) is 54.6 Å². The molecule has 4 aromatic rings. The third-order valence-electron chi connectivity index (χ3n) is 3.38. The SMILES string of the molecule is Fc1c(-c2ccc3c(n2)[nH]c2ccncc23)ccnc1[18F]. The van der Waals surface area contributed by atoms with Gasteiger partial charge in [-0.05, 0) is 24.3 Å². The molecule has 0 amide bonds. The minimum atomic E-state index is -1.13. The Morgan fingerprint density at radius 1 is 0.952 bits per heavy atom. The number of rotatable bonds is 1. The second-order valence-electron chi connectivity index (χ2n) is 4.60. The van der Waals surface area contributed by atoms with Crippen LogP contribution in [-0.2, 0) is 0 Å². The van der Waals surface area contributed by atoms with Gasteiger partial charge in [0.2, 0.25) is 5.95 Å². The van der Waals surface area contributed by atoms with Crippen LogP contribution in [0.15, 0.2) is 42.9 Å². The molecule has 0 spiro atoms. The summed E-state index contributed by atoms with van der Waals surface area (Å²) in [6, 6.07) is 6.70. The highest BCUT2D eigenvalue weighted by atomic mass is 19.1. The van der Waals surface area contributed by atoms with E-state index in [0.29, 0.717) is 11.3 Å². The molecule has 21 heavy (non-hydrogen) atoms. The van der Waals surface area contributed by atoms with E-state index in [4.69, 9.17) is 0 Å². The van der Waals surface area contributed by atoms with Crippen molar-refractivity contribution in [3.8, 4) is 11.3 Å². The van der Waals surface area contributed by atoms with E-state index < -0.39 is 11.8 Å².